The van der Waals surface area contributed by atoms with E-state index in [1.807, 2.05) is 0 Å². The van der Waals surface area contributed by atoms with Crippen molar-refractivity contribution in [3.8, 4) is 0 Å². The van der Waals surface area contributed by atoms with Gasteiger partial charge in [0.15, 0.2) is 0 Å². The van der Waals surface area contributed by atoms with Crippen LogP contribution in [0.5, 0.6) is 0 Å². The highest BCUT2D eigenvalue weighted by molar-refractivity contribution is 5.05. The first kappa shape index (κ1) is 11.7. The molecular formula is C16H27NO. The molecule has 0 aromatic heterocycles. The molecule has 1 heterocycles. The second-order valence-corrected chi connectivity index (χ2v) is 8.11. The first-order valence-electron chi connectivity index (χ1n) is 8.02. The van der Waals surface area contributed by atoms with E-state index in [2.05, 4.69) is 0 Å². The van der Waals surface area contributed by atoms with Crippen molar-refractivity contribution in [2.45, 2.75) is 63.3 Å². The Balaban J connectivity index is 1.53. The molecule has 2 N–H and O–H groups in total. The van der Waals surface area contributed by atoms with E-state index in [1.165, 1.54) is 57.8 Å². The Labute approximate surface area is 111 Å². The molecule has 5 fully saturated rings. The molecule has 0 aromatic carbocycles. The molecule has 18 heavy (non-hydrogen) atoms. The molecule has 4 aliphatic carbocycles. The summed E-state index contributed by atoms with van der Waals surface area (Å²) in [7, 11) is 0. The second kappa shape index (κ2) is 3.96. The van der Waals surface area contributed by atoms with Crippen LogP contribution in [0.1, 0.15) is 57.8 Å². The predicted octanol–water partition coefficient (Wildman–Crippen LogP) is 3.10. The number of hydrogen-bond donors (Lipinski definition) is 1. The lowest BCUT2D eigenvalue weighted by atomic mass is 9.47. The summed E-state index contributed by atoms with van der Waals surface area (Å²) >= 11 is 0. The van der Waals surface area contributed by atoms with Gasteiger partial charge in [-0.05, 0) is 81.0 Å². The summed E-state index contributed by atoms with van der Waals surface area (Å²) in [5.41, 5.74) is 7.27. The molecule has 2 nitrogen and oxygen atoms in total. The minimum atomic E-state index is 0.00389. The molecule has 0 radical (unpaired) electrons. The Hall–Kier alpha value is -0.0800. The summed E-state index contributed by atoms with van der Waals surface area (Å²) in [5, 5.41) is 0. The quantitative estimate of drug-likeness (QED) is 0.816. The third-order valence-electron chi connectivity index (χ3n) is 6.24. The van der Waals surface area contributed by atoms with Gasteiger partial charge in [0.05, 0.1) is 6.61 Å². The maximum absolute atomic E-state index is 6.66. The summed E-state index contributed by atoms with van der Waals surface area (Å²) in [6.07, 6.45) is 12.7. The van der Waals surface area contributed by atoms with Crippen molar-refractivity contribution >= 4 is 0 Å². The molecule has 1 aliphatic heterocycles. The number of nitrogens with two attached hydrogens (primary N) is 1. The first-order chi connectivity index (χ1) is 8.65. The van der Waals surface area contributed by atoms with Gasteiger partial charge >= 0.3 is 0 Å². The third kappa shape index (κ3) is 1.92. The van der Waals surface area contributed by atoms with E-state index in [-0.39, 0.29) is 5.54 Å². The van der Waals surface area contributed by atoms with Gasteiger partial charge in [-0.15, -0.1) is 0 Å². The molecule has 4 bridgehead atoms. The van der Waals surface area contributed by atoms with Crippen molar-refractivity contribution in [1.29, 1.82) is 0 Å². The monoisotopic (exact) mass is 249 g/mol. The van der Waals surface area contributed by atoms with E-state index in [0.717, 1.165) is 31.0 Å². The van der Waals surface area contributed by atoms with E-state index in [0.29, 0.717) is 5.41 Å². The maximum Gasteiger partial charge on any atom is 0.0646 e. The van der Waals surface area contributed by atoms with Crippen LogP contribution >= 0.6 is 0 Å². The van der Waals surface area contributed by atoms with Gasteiger partial charge in [0.1, 0.15) is 0 Å². The minimum absolute atomic E-state index is 0.00389. The lowest BCUT2D eigenvalue weighted by molar-refractivity contribution is -0.0828. The normalized spacial score (nSPS) is 54.8. The lowest BCUT2D eigenvalue weighted by Crippen LogP contribution is -2.55. The van der Waals surface area contributed by atoms with Crippen LogP contribution in [0.4, 0.5) is 0 Å². The number of ether oxygens (including phenoxy) is 1. The maximum atomic E-state index is 6.66. The highest BCUT2D eigenvalue weighted by Gasteiger charge is 2.53. The zero-order chi connectivity index (χ0) is 12.2. The highest BCUT2D eigenvalue weighted by Crippen LogP contribution is 2.62. The van der Waals surface area contributed by atoms with E-state index in [9.17, 15) is 0 Å². The Morgan fingerprint density at radius 2 is 1.61 bits per heavy atom. The summed E-state index contributed by atoms with van der Waals surface area (Å²) in [4.78, 5) is 0. The van der Waals surface area contributed by atoms with E-state index in [4.69, 9.17) is 10.5 Å². The predicted molar refractivity (Wildman–Crippen MR) is 72.2 cm³/mol. The standard InChI is InChI=1S/C16H27NO/c17-16(2-1-3-18-11-16)10-15-7-12-4-13(8-15)6-14(5-12)9-15/h12-14H,1-11,17H2. The average Bonchev–Trinajstić information content (AvgIpc) is 2.26. The SMILES string of the molecule is NC1(CC23CC4CC(CC(C4)C2)C3)CCCOC1. The fraction of sp³-hybridized carbons (Fsp3) is 1.00. The number of hydrogen-bond acceptors (Lipinski definition) is 2. The van der Waals surface area contributed by atoms with Crippen molar-refractivity contribution in [3.05, 3.63) is 0 Å². The topological polar surface area (TPSA) is 35.2 Å². The molecule has 5 aliphatic rings. The molecule has 0 amide bonds. The number of rotatable bonds is 2. The van der Waals surface area contributed by atoms with Crippen LogP contribution in [-0.2, 0) is 4.74 Å². The largest absolute Gasteiger partial charge is 0.380 e. The van der Waals surface area contributed by atoms with E-state index in [1.54, 1.807) is 0 Å². The van der Waals surface area contributed by atoms with Gasteiger partial charge in [0, 0.05) is 12.1 Å². The van der Waals surface area contributed by atoms with E-state index >= 15 is 0 Å². The second-order valence-electron chi connectivity index (χ2n) is 8.11. The van der Waals surface area contributed by atoms with Crippen LogP contribution in [-0.4, -0.2) is 18.8 Å². The van der Waals surface area contributed by atoms with Crippen LogP contribution in [0, 0.1) is 23.2 Å². The van der Waals surface area contributed by atoms with Crippen molar-refractivity contribution in [2.24, 2.45) is 28.9 Å². The molecule has 102 valence electrons. The summed E-state index contributed by atoms with van der Waals surface area (Å²) < 4.78 is 5.67. The summed E-state index contributed by atoms with van der Waals surface area (Å²) in [6.45, 7) is 1.74. The van der Waals surface area contributed by atoms with Crippen molar-refractivity contribution < 1.29 is 4.74 Å². The molecular weight excluding hydrogens is 222 g/mol. The first-order valence-corrected chi connectivity index (χ1v) is 8.02. The Morgan fingerprint density at radius 1 is 1.00 bits per heavy atom. The van der Waals surface area contributed by atoms with Gasteiger partial charge in [0.2, 0.25) is 0 Å². The average molecular weight is 249 g/mol. The van der Waals surface area contributed by atoms with E-state index < -0.39 is 0 Å². The van der Waals surface area contributed by atoms with Crippen LogP contribution in [0.25, 0.3) is 0 Å². The molecule has 0 spiro atoms. The van der Waals surface area contributed by atoms with Gasteiger partial charge in [-0.3, -0.25) is 0 Å². The minimum Gasteiger partial charge on any atom is -0.380 e. The molecule has 4 saturated carbocycles. The summed E-state index contributed by atoms with van der Waals surface area (Å²) in [6, 6.07) is 0. The van der Waals surface area contributed by atoms with Crippen molar-refractivity contribution in [3.63, 3.8) is 0 Å². The fourth-order valence-electron chi connectivity index (χ4n) is 6.27. The molecule has 5 rings (SSSR count). The molecule has 2 heteroatoms. The zero-order valence-corrected chi connectivity index (χ0v) is 11.5. The zero-order valence-electron chi connectivity index (χ0n) is 11.5. The Bertz CT molecular complexity index is 297. The Kier molecular flexibility index (Phi) is 2.58. The summed E-state index contributed by atoms with van der Waals surface area (Å²) in [5.74, 6) is 3.14. The van der Waals surface area contributed by atoms with Crippen LogP contribution < -0.4 is 5.73 Å². The fourth-order valence-corrected chi connectivity index (χ4v) is 6.27. The van der Waals surface area contributed by atoms with Crippen LogP contribution in [0.3, 0.4) is 0 Å². The van der Waals surface area contributed by atoms with Gasteiger partial charge < -0.3 is 10.5 Å². The van der Waals surface area contributed by atoms with Gasteiger partial charge in [-0.2, -0.15) is 0 Å². The van der Waals surface area contributed by atoms with Crippen molar-refractivity contribution in [1.82, 2.24) is 0 Å². The molecule has 1 atom stereocenters. The van der Waals surface area contributed by atoms with Crippen LogP contribution in [0.2, 0.25) is 0 Å². The van der Waals surface area contributed by atoms with Gasteiger partial charge in [-0.1, -0.05) is 0 Å². The third-order valence-corrected chi connectivity index (χ3v) is 6.24. The Morgan fingerprint density at radius 3 is 2.11 bits per heavy atom. The molecule has 0 aromatic rings. The smallest absolute Gasteiger partial charge is 0.0646 e. The highest BCUT2D eigenvalue weighted by atomic mass is 16.5. The van der Waals surface area contributed by atoms with Crippen molar-refractivity contribution in [2.75, 3.05) is 13.2 Å². The van der Waals surface area contributed by atoms with Gasteiger partial charge in [0.25, 0.3) is 0 Å². The lowest BCUT2D eigenvalue weighted by Gasteiger charge is -2.59. The molecule has 1 saturated heterocycles. The van der Waals surface area contributed by atoms with Gasteiger partial charge in [-0.25, -0.2) is 0 Å². The molecule has 1 unspecified atom stereocenters. The van der Waals surface area contributed by atoms with Crippen LogP contribution in [0.15, 0.2) is 0 Å².